The zero-order valence-electron chi connectivity index (χ0n) is 12.2. The third-order valence-electron chi connectivity index (χ3n) is 3.27. The maximum Gasteiger partial charge on any atom is 0.251 e. The van der Waals surface area contributed by atoms with E-state index in [9.17, 15) is 9.90 Å². The van der Waals surface area contributed by atoms with E-state index >= 15 is 0 Å². The first-order chi connectivity index (χ1) is 8.75. The summed E-state index contributed by atoms with van der Waals surface area (Å²) in [6.07, 6.45) is 0.742. The fourth-order valence-corrected chi connectivity index (χ4v) is 1.93. The van der Waals surface area contributed by atoms with E-state index in [0.717, 1.165) is 6.42 Å². The van der Waals surface area contributed by atoms with Gasteiger partial charge >= 0.3 is 0 Å². The van der Waals surface area contributed by atoms with E-state index in [1.807, 2.05) is 0 Å². The number of phenols is 1. The largest absolute Gasteiger partial charge is 0.508 e. The number of amides is 1. The molecule has 1 amide bonds. The van der Waals surface area contributed by atoms with Gasteiger partial charge < -0.3 is 16.2 Å². The molecule has 0 bridgehead atoms. The molecule has 106 valence electrons. The number of nitrogens with two attached hydrogens (primary N) is 1. The number of aromatic hydroxyl groups is 1. The number of carbonyl (C=O) groups excluding carboxylic acids is 1. The highest BCUT2D eigenvalue weighted by Crippen LogP contribution is 2.22. The topological polar surface area (TPSA) is 75.4 Å². The molecule has 0 aromatic heterocycles. The summed E-state index contributed by atoms with van der Waals surface area (Å²) in [5.41, 5.74) is 6.81. The van der Waals surface area contributed by atoms with E-state index in [1.165, 1.54) is 0 Å². The van der Waals surface area contributed by atoms with Gasteiger partial charge in [-0.15, -0.1) is 0 Å². The van der Waals surface area contributed by atoms with Crippen LogP contribution in [0.1, 0.15) is 43.1 Å². The molecule has 0 spiro atoms. The molecule has 4 nitrogen and oxygen atoms in total. The number of nitrogens with one attached hydrogen (secondary N) is 1. The fourth-order valence-electron chi connectivity index (χ4n) is 1.93. The van der Waals surface area contributed by atoms with Crippen LogP contribution < -0.4 is 11.1 Å². The quantitative estimate of drug-likeness (QED) is 0.780. The Balaban J connectivity index is 2.84. The lowest BCUT2D eigenvalue weighted by Gasteiger charge is -2.31. The highest BCUT2D eigenvalue weighted by Gasteiger charge is 2.25. The van der Waals surface area contributed by atoms with Gasteiger partial charge in [0.25, 0.3) is 5.91 Å². The van der Waals surface area contributed by atoms with Gasteiger partial charge in [0.15, 0.2) is 0 Å². The van der Waals surface area contributed by atoms with Crippen LogP contribution in [-0.4, -0.2) is 23.6 Å². The summed E-state index contributed by atoms with van der Waals surface area (Å²) in [6, 6.07) is 4.88. The van der Waals surface area contributed by atoms with Crippen LogP contribution in [0.5, 0.6) is 5.75 Å². The smallest absolute Gasteiger partial charge is 0.251 e. The minimum Gasteiger partial charge on any atom is -0.508 e. The lowest BCUT2D eigenvalue weighted by Crippen LogP contribution is -2.44. The maximum atomic E-state index is 12.2. The summed E-state index contributed by atoms with van der Waals surface area (Å²) in [5.74, 6) is 0.0716. The van der Waals surface area contributed by atoms with Crippen molar-refractivity contribution in [3.8, 4) is 5.75 Å². The molecule has 1 unspecified atom stereocenters. The lowest BCUT2D eigenvalue weighted by molar-refractivity contribution is 0.0899. The molecule has 0 saturated heterocycles. The molecule has 0 radical (unpaired) electrons. The molecule has 1 rings (SSSR count). The Morgan fingerprint density at radius 3 is 2.53 bits per heavy atom. The summed E-state index contributed by atoms with van der Waals surface area (Å²) < 4.78 is 0. The van der Waals surface area contributed by atoms with Crippen LogP contribution in [-0.2, 0) is 0 Å². The van der Waals surface area contributed by atoms with Crippen LogP contribution in [0.2, 0.25) is 0 Å². The zero-order valence-corrected chi connectivity index (χ0v) is 12.2. The molecule has 1 aromatic rings. The number of benzene rings is 1. The molecule has 1 atom stereocenters. The second-order valence-corrected chi connectivity index (χ2v) is 5.97. The first-order valence-corrected chi connectivity index (χ1v) is 6.56. The number of carbonyl (C=O) groups is 1. The Morgan fingerprint density at radius 1 is 1.42 bits per heavy atom. The van der Waals surface area contributed by atoms with Crippen molar-refractivity contribution >= 4 is 5.91 Å². The highest BCUT2D eigenvalue weighted by molar-refractivity contribution is 5.94. The Morgan fingerprint density at radius 2 is 2.05 bits per heavy atom. The molecule has 0 saturated carbocycles. The van der Waals surface area contributed by atoms with Crippen LogP contribution >= 0.6 is 0 Å². The molecule has 19 heavy (non-hydrogen) atoms. The minimum atomic E-state index is -0.128. The fraction of sp³-hybridized carbons (Fsp3) is 0.533. The summed E-state index contributed by atoms with van der Waals surface area (Å²) >= 11 is 0. The molecular weight excluding hydrogens is 240 g/mol. The van der Waals surface area contributed by atoms with Crippen LogP contribution in [0.3, 0.4) is 0 Å². The first kappa shape index (κ1) is 15.5. The van der Waals surface area contributed by atoms with Gasteiger partial charge in [-0.3, -0.25) is 4.79 Å². The second-order valence-electron chi connectivity index (χ2n) is 5.97. The van der Waals surface area contributed by atoms with E-state index in [1.54, 1.807) is 25.1 Å². The standard InChI is InChI=1S/C15H24N2O2/c1-10-9-11(5-6-12(10)18)14(19)17-13(7-8-16)15(2,3)4/h5-6,9,13,18H,7-8,16H2,1-4H3,(H,17,19). The molecule has 1 aromatic carbocycles. The van der Waals surface area contributed by atoms with Crippen LogP contribution in [0.15, 0.2) is 18.2 Å². The van der Waals surface area contributed by atoms with Crippen molar-refractivity contribution in [3.63, 3.8) is 0 Å². The van der Waals surface area contributed by atoms with Crippen molar-refractivity contribution in [1.82, 2.24) is 5.32 Å². The Kier molecular flexibility index (Phi) is 4.95. The number of hydrogen-bond donors (Lipinski definition) is 3. The van der Waals surface area contributed by atoms with Gasteiger partial charge in [-0.25, -0.2) is 0 Å². The molecule has 0 aliphatic heterocycles. The summed E-state index contributed by atoms with van der Waals surface area (Å²) in [5, 5.41) is 12.5. The van der Waals surface area contributed by atoms with Crippen molar-refractivity contribution in [2.75, 3.05) is 6.54 Å². The van der Waals surface area contributed by atoms with Gasteiger partial charge in [-0.1, -0.05) is 20.8 Å². The average Bonchev–Trinajstić information content (AvgIpc) is 2.30. The second kappa shape index (κ2) is 6.06. The van der Waals surface area contributed by atoms with Crippen LogP contribution in [0, 0.1) is 12.3 Å². The third kappa shape index (κ3) is 4.24. The molecule has 0 heterocycles. The molecule has 0 fully saturated rings. The molecule has 0 aliphatic rings. The Hall–Kier alpha value is -1.55. The minimum absolute atomic E-state index is 0.0270. The SMILES string of the molecule is Cc1cc(C(=O)NC(CCN)C(C)(C)C)ccc1O. The monoisotopic (exact) mass is 264 g/mol. The Labute approximate surface area is 115 Å². The van der Waals surface area contributed by atoms with Gasteiger partial charge in [-0.05, 0) is 49.1 Å². The summed E-state index contributed by atoms with van der Waals surface area (Å²) in [4.78, 5) is 12.2. The van der Waals surface area contributed by atoms with E-state index in [-0.39, 0.29) is 23.1 Å². The lowest BCUT2D eigenvalue weighted by atomic mass is 9.84. The predicted molar refractivity (Wildman–Crippen MR) is 77.2 cm³/mol. The van der Waals surface area contributed by atoms with Crippen molar-refractivity contribution in [1.29, 1.82) is 0 Å². The third-order valence-corrected chi connectivity index (χ3v) is 3.27. The molecule has 0 aliphatic carbocycles. The van der Waals surface area contributed by atoms with Gasteiger partial charge in [0.1, 0.15) is 5.75 Å². The van der Waals surface area contributed by atoms with Gasteiger partial charge in [-0.2, -0.15) is 0 Å². The zero-order chi connectivity index (χ0) is 14.6. The predicted octanol–water partition coefficient (Wildman–Crippen LogP) is 2.19. The molecule has 4 N–H and O–H groups in total. The molecule has 4 heteroatoms. The van der Waals surface area contributed by atoms with E-state index < -0.39 is 0 Å². The van der Waals surface area contributed by atoms with Crippen LogP contribution in [0.4, 0.5) is 0 Å². The number of aryl methyl sites for hydroxylation is 1. The van der Waals surface area contributed by atoms with Crippen LogP contribution in [0.25, 0.3) is 0 Å². The number of hydrogen-bond acceptors (Lipinski definition) is 3. The van der Waals surface area contributed by atoms with Crippen molar-refractivity contribution in [2.45, 2.75) is 40.2 Å². The maximum absolute atomic E-state index is 12.2. The van der Waals surface area contributed by atoms with Gasteiger partial charge in [0.05, 0.1) is 0 Å². The number of phenolic OH excluding ortho intramolecular Hbond substituents is 1. The van der Waals surface area contributed by atoms with Crippen molar-refractivity contribution in [2.24, 2.45) is 11.1 Å². The van der Waals surface area contributed by atoms with Gasteiger partial charge in [0, 0.05) is 11.6 Å². The van der Waals surface area contributed by atoms with E-state index in [2.05, 4.69) is 26.1 Å². The van der Waals surface area contributed by atoms with Gasteiger partial charge in [0.2, 0.25) is 0 Å². The highest BCUT2D eigenvalue weighted by atomic mass is 16.3. The van der Waals surface area contributed by atoms with Crippen molar-refractivity contribution < 1.29 is 9.90 Å². The normalized spacial score (nSPS) is 13.1. The average molecular weight is 264 g/mol. The van der Waals surface area contributed by atoms with E-state index in [0.29, 0.717) is 17.7 Å². The van der Waals surface area contributed by atoms with E-state index in [4.69, 9.17) is 5.73 Å². The Bertz CT molecular complexity index is 450. The first-order valence-electron chi connectivity index (χ1n) is 6.56. The van der Waals surface area contributed by atoms with Crippen molar-refractivity contribution in [3.05, 3.63) is 29.3 Å². The number of rotatable bonds is 4. The molecular formula is C15H24N2O2. The summed E-state index contributed by atoms with van der Waals surface area (Å²) in [6.45, 7) is 8.55. The summed E-state index contributed by atoms with van der Waals surface area (Å²) in [7, 11) is 0.